The number of hydrogen-bond acceptors (Lipinski definition) is 2. The van der Waals surface area contributed by atoms with Gasteiger partial charge in [0.05, 0.1) is 6.54 Å². The molecule has 1 saturated heterocycles. The predicted octanol–water partition coefficient (Wildman–Crippen LogP) is 2.44. The summed E-state index contributed by atoms with van der Waals surface area (Å²) in [6, 6.07) is 8.28. The normalized spacial score (nSPS) is 22.6. The third-order valence-electron chi connectivity index (χ3n) is 4.46. The number of carbonyl (C=O) groups is 2. The van der Waals surface area contributed by atoms with Crippen LogP contribution < -0.4 is 5.32 Å². The van der Waals surface area contributed by atoms with Gasteiger partial charge in [0.25, 0.3) is 0 Å². The third-order valence-corrected chi connectivity index (χ3v) is 4.46. The van der Waals surface area contributed by atoms with Gasteiger partial charge in [0.2, 0.25) is 11.8 Å². The number of hydrogen-bond donors (Lipinski definition) is 1. The van der Waals surface area contributed by atoms with Crippen LogP contribution in [0.4, 0.5) is 0 Å². The Balaban J connectivity index is 2.22. The minimum atomic E-state index is -0.758. The van der Waals surface area contributed by atoms with Crippen molar-refractivity contribution in [2.24, 2.45) is 0 Å². The molecule has 0 radical (unpaired) electrons. The van der Waals surface area contributed by atoms with Crippen molar-refractivity contribution >= 4 is 11.8 Å². The predicted molar refractivity (Wildman–Crippen MR) is 82.8 cm³/mol. The van der Waals surface area contributed by atoms with Gasteiger partial charge < -0.3 is 10.2 Å². The molecule has 0 spiro atoms. The lowest BCUT2D eigenvalue weighted by atomic mass is 9.91. The Hall–Kier alpha value is -1.84. The van der Waals surface area contributed by atoms with Gasteiger partial charge in [0, 0.05) is 6.54 Å². The van der Waals surface area contributed by atoms with Crippen LogP contribution >= 0.6 is 0 Å². The quantitative estimate of drug-likeness (QED) is 0.925. The van der Waals surface area contributed by atoms with Gasteiger partial charge in [0.1, 0.15) is 5.54 Å². The van der Waals surface area contributed by atoms with Crippen molar-refractivity contribution in [3.8, 4) is 0 Å². The Morgan fingerprint density at radius 3 is 2.38 bits per heavy atom. The van der Waals surface area contributed by atoms with Crippen LogP contribution in [0.25, 0.3) is 0 Å². The Labute approximate surface area is 126 Å². The van der Waals surface area contributed by atoms with Crippen molar-refractivity contribution in [3.05, 3.63) is 35.4 Å². The summed E-state index contributed by atoms with van der Waals surface area (Å²) in [6.45, 7) is 8.66. The number of nitrogens with zero attached hydrogens (tertiary/aromatic N) is 1. The fraction of sp³-hybridized carbons (Fsp3) is 0.529. The molecule has 1 aromatic carbocycles. The summed E-state index contributed by atoms with van der Waals surface area (Å²) in [5, 5.41) is 2.68. The summed E-state index contributed by atoms with van der Waals surface area (Å²) in [6.07, 6.45) is 0.606. The van der Waals surface area contributed by atoms with Gasteiger partial charge in [-0.15, -0.1) is 0 Å². The molecule has 1 heterocycles. The molecule has 0 aliphatic carbocycles. The zero-order valence-corrected chi connectivity index (χ0v) is 13.3. The van der Waals surface area contributed by atoms with Crippen molar-refractivity contribution in [2.75, 3.05) is 6.54 Å². The number of piperazine rings is 1. The van der Waals surface area contributed by atoms with Crippen LogP contribution in [-0.2, 0) is 16.1 Å². The summed E-state index contributed by atoms with van der Waals surface area (Å²) in [7, 11) is 0. The van der Waals surface area contributed by atoms with E-state index in [0.29, 0.717) is 18.9 Å². The molecule has 1 unspecified atom stereocenters. The maximum absolute atomic E-state index is 12.2. The first kappa shape index (κ1) is 15.5. The average molecular weight is 288 g/mol. The van der Waals surface area contributed by atoms with Gasteiger partial charge in [-0.2, -0.15) is 0 Å². The summed E-state index contributed by atoms with van der Waals surface area (Å²) >= 11 is 0. The highest BCUT2D eigenvalue weighted by atomic mass is 16.2. The van der Waals surface area contributed by atoms with Crippen LogP contribution in [0.1, 0.15) is 51.2 Å². The van der Waals surface area contributed by atoms with Crippen LogP contribution in [0.15, 0.2) is 24.3 Å². The minimum absolute atomic E-state index is 0.0214. The van der Waals surface area contributed by atoms with Crippen molar-refractivity contribution in [2.45, 2.75) is 52.1 Å². The Kier molecular flexibility index (Phi) is 4.35. The van der Waals surface area contributed by atoms with Crippen LogP contribution in [0.2, 0.25) is 0 Å². The Morgan fingerprint density at radius 1 is 1.24 bits per heavy atom. The van der Waals surface area contributed by atoms with E-state index in [9.17, 15) is 9.59 Å². The van der Waals surface area contributed by atoms with Crippen LogP contribution in [0.5, 0.6) is 0 Å². The van der Waals surface area contributed by atoms with E-state index in [1.807, 2.05) is 26.0 Å². The fourth-order valence-corrected chi connectivity index (χ4v) is 2.64. The van der Waals surface area contributed by atoms with Gasteiger partial charge >= 0.3 is 0 Å². The van der Waals surface area contributed by atoms with E-state index in [1.54, 1.807) is 4.90 Å². The summed E-state index contributed by atoms with van der Waals surface area (Å²) < 4.78 is 0. The average Bonchev–Trinajstić information content (AvgIpc) is 2.48. The first-order valence-corrected chi connectivity index (χ1v) is 7.56. The van der Waals surface area contributed by atoms with E-state index in [-0.39, 0.29) is 18.4 Å². The molecule has 2 amide bonds. The van der Waals surface area contributed by atoms with E-state index in [2.05, 4.69) is 31.3 Å². The second-order valence-corrected chi connectivity index (χ2v) is 6.19. The Bertz CT molecular complexity index is 536. The molecule has 4 nitrogen and oxygen atoms in total. The van der Waals surface area contributed by atoms with Gasteiger partial charge in [0.15, 0.2) is 0 Å². The molecule has 114 valence electrons. The first-order chi connectivity index (χ1) is 9.88. The maximum atomic E-state index is 12.2. The highest BCUT2D eigenvalue weighted by Gasteiger charge is 2.43. The molecule has 1 N–H and O–H groups in total. The molecule has 0 aromatic heterocycles. The molecule has 4 heteroatoms. The van der Waals surface area contributed by atoms with E-state index in [4.69, 9.17) is 0 Å². The monoisotopic (exact) mass is 288 g/mol. The molecule has 1 aromatic rings. The first-order valence-electron chi connectivity index (χ1n) is 7.56. The number of benzene rings is 1. The molecule has 2 rings (SSSR count). The van der Waals surface area contributed by atoms with Crippen LogP contribution in [0, 0.1) is 0 Å². The molecule has 1 fully saturated rings. The minimum Gasteiger partial charge on any atom is -0.345 e. The molecule has 0 saturated carbocycles. The number of carbonyl (C=O) groups excluding carboxylic acids is 2. The van der Waals surface area contributed by atoms with Crippen molar-refractivity contribution in [1.82, 2.24) is 10.2 Å². The van der Waals surface area contributed by atoms with Gasteiger partial charge in [-0.1, -0.05) is 45.0 Å². The highest BCUT2D eigenvalue weighted by Crippen LogP contribution is 2.25. The lowest BCUT2D eigenvalue weighted by Crippen LogP contribution is -2.65. The zero-order chi connectivity index (χ0) is 15.6. The molecular weight excluding hydrogens is 264 g/mol. The highest BCUT2D eigenvalue weighted by molar-refractivity contribution is 5.97. The summed E-state index contributed by atoms with van der Waals surface area (Å²) in [5.41, 5.74) is 1.58. The SMILES string of the molecule is CCC1(C)C(=O)NCC(=O)N1Cc1ccc(C(C)C)cc1. The molecule has 1 aliphatic heterocycles. The topological polar surface area (TPSA) is 49.4 Å². The lowest BCUT2D eigenvalue weighted by molar-refractivity contribution is -0.153. The smallest absolute Gasteiger partial charge is 0.246 e. The zero-order valence-electron chi connectivity index (χ0n) is 13.3. The van der Waals surface area contributed by atoms with Gasteiger partial charge in [-0.3, -0.25) is 9.59 Å². The third kappa shape index (κ3) is 2.94. The molecule has 1 aliphatic rings. The number of rotatable bonds is 4. The van der Waals surface area contributed by atoms with Crippen LogP contribution in [0.3, 0.4) is 0 Å². The van der Waals surface area contributed by atoms with Crippen molar-refractivity contribution in [3.63, 3.8) is 0 Å². The van der Waals surface area contributed by atoms with E-state index in [0.717, 1.165) is 5.56 Å². The molecule has 21 heavy (non-hydrogen) atoms. The van der Waals surface area contributed by atoms with Crippen molar-refractivity contribution < 1.29 is 9.59 Å². The summed E-state index contributed by atoms with van der Waals surface area (Å²) in [5.74, 6) is 0.401. The molecule has 1 atom stereocenters. The number of amides is 2. The Morgan fingerprint density at radius 2 is 1.86 bits per heavy atom. The standard InChI is InChI=1S/C17H24N2O2/c1-5-17(4)16(21)18-10-15(20)19(17)11-13-6-8-14(9-7-13)12(2)3/h6-9,12H,5,10-11H2,1-4H3,(H,18,21). The largest absolute Gasteiger partial charge is 0.345 e. The second-order valence-electron chi connectivity index (χ2n) is 6.19. The second kappa shape index (κ2) is 5.88. The van der Waals surface area contributed by atoms with Crippen LogP contribution in [-0.4, -0.2) is 28.8 Å². The maximum Gasteiger partial charge on any atom is 0.246 e. The van der Waals surface area contributed by atoms with E-state index in [1.165, 1.54) is 5.56 Å². The van der Waals surface area contributed by atoms with Gasteiger partial charge in [-0.05, 0) is 30.4 Å². The fourth-order valence-electron chi connectivity index (χ4n) is 2.64. The van der Waals surface area contributed by atoms with E-state index >= 15 is 0 Å². The lowest BCUT2D eigenvalue weighted by Gasteiger charge is -2.43. The number of nitrogens with one attached hydrogen (secondary N) is 1. The van der Waals surface area contributed by atoms with Crippen molar-refractivity contribution in [1.29, 1.82) is 0 Å². The summed E-state index contributed by atoms with van der Waals surface area (Å²) in [4.78, 5) is 26.0. The van der Waals surface area contributed by atoms with Gasteiger partial charge in [-0.25, -0.2) is 0 Å². The molecule has 0 bridgehead atoms. The van der Waals surface area contributed by atoms with E-state index < -0.39 is 5.54 Å². The molecular formula is C17H24N2O2.